The van der Waals surface area contributed by atoms with Gasteiger partial charge in [0, 0.05) is 11.8 Å². The molecular weight excluding hydrogens is 547 g/mol. The van der Waals surface area contributed by atoms with Gasteiger partial charge in [0.1, 0.15) is 14.6 Å². The third-order valence-electron chi connectivity index (χ3n) is 7.81. The first-order chi connectivity index (χ1) is 17.5. The van der Waals surface area contributed by atoms with Gasteiger partial charge >= 0.3 is 0 Å². The number of rotatable bonds is 6. The van der Waals surface area contributed by atoms with Crippen LogP contribution < -0.4 is 4.31 Å². The maximum atomic E-state index is 14.6. The van der Waals surface area contributed by atoms with Gasteiger partial charge < -0.3 is 0 Å². The SMILES string of the molecule is CCCC12CC3(C=O)SC(=S)S[C@@](C)(N(C)C)C(=O)N3[C@H]1N(S(=O)(=O)c1ccccc1)c1ccccc12. The van der Waals surface area contributed by atoms with E-state index in [0.29, 0.717) is 15.6 Å². The molecule has 0 N–H and O–H groups in total. The van der Waals surface area contributed by atoms with Gasteiger partial charge in [-0.1, -0.05) is 85.5 Å². The first kappa shape index (κ1) is 26.7. The van der Waals surface area contributed by atoms with Gasteiger partial charge in [-0.25, -0.2) is 12.7 Å². The van der Waals surface area contributed by atoms with Crippen LogP contribution in [0.3, 0.4) is 0 Å². The second kappa shape index (κ2) is 9.08. The zero-order valence-corrected chi connectivity index (χ0v) is 24.3. The summed E-state index contributed by atoms with van der Waals surface area (Å²) in [6.07, 6.45) is 1.51. The Bertz CT molecular complexity index is 1390. The number of thiocarbonyl (C=S) groups is 1. The average molecular weight is 576 g/mol. The summed E-state index contributed by atoms with van der Waals surface area (Å²) < 4.78 is 30.6. The molecule has 1 amide bonds. The lowest BCUT2D eigenvalue weighted by Crippen LogP contribution is -2.63. The number of nitrogens with zero attached hydrogens (tertiary/aromatic N) is 3. The molecule has 0 aliphatic carbocycles. The van der Waals surface area contributed by atoms with Crippen LogP contribution in [0.5, 0.6) is 0 Å². The minimum Gasteiger partial charge on any atom is -0.300 e. The minimum absolute atomic E-state index is 0.135. The monoisotopic (exact) mass is 575 g/mol. The van der Waals surface area contributed by atoms with E-state index in [4.69, 9.17) is 12.2 Å². The number of thioether (sulfide) groups is 2. The molecule has 0 aromatic heterocycles. The topological polar surface area (TPSA) is 78.0 Å². The first-order valence-electron chi connectivity index (χ1n) is 12.1. The van der Waals surface area contributed by atoms with Crippen LogP contribution in [-0.2, 0) is 25.0 Å². The van der Waals surface area contributed by atoms with Gasteiger partial charge in [0.05, 0.1) is 10.6 Å². The molecule has 3 aliphatic rings. The number of hydrogen-bond donors (Lipinski definition) is 0. The van der Waals surface area contributed by atoms with Crippen LogP contribution >= 0.6 is 35.7 Å². The molecule has 11 heteroatoms. The molecule has 2 aromatic carbocycles. The maximum Gasteiger partial charge on any atom is 0.266 e. The molecule has 4 atom stereocenters. The molecule has 7 nitrogen and oxygen atoms in total. The molecule has 0 radical (unpaired) electrons. The summed E-state index contributed by atoms with van der Waals surface area (Å²) in [6, 6.07) is 15.7. The van der Waals surface area contributed by atoms with E-state index in [1.165, 1.54) is 27.8 Å². The zero-order valence-electron chi connectivity index (χ0n) is 21.1. The second-order valence-corrected chi connectivity index (χ2v) is 15.8. The summed E-state index contributed by atoms with van der Waals surface area (Å²) in [5, 5.41) is 0. The molecule has 2 saturated heterocycles. The van der Waals surface area contributed by atoms with Crippen LogP contribution in [0.4, 0.5) is 5.69 Å². The Morgan fingerprint density at radius 3 is 2.38 bits per heavy atom. The normalized spacial score (nSPS) is 31.2. The van der Waals surface area contributed by atoms with Crippen molar-refractivity contribution in [2.45, 2.75) is 59.3 Å². The van der Waals surface area contributed by atoms with Crippen molar-refractivity contribution in [1.82, 2.24) is 9.80 Å². The Morgan fingerprint density at radius 1 is 1.11 bits per heavy atom. The van der Waals surface area contributed by atoms with Crippen molar-refractivity contribution in [1.29, 1.82) is 0 Å². The van der Waals surface area contributed by atoms with E-state index >= 15 is 0 Å². The molecule has 0 spiro atoms. The molecule has 196 valence electrons. The summed E-state index contributed by atoms with van der Waals surface area (Å²) >= 11 is 8.13. The van der Waals surface area contributed by atoms with Crippen molar-refractivity contribution in [2.75, 3.05) is 18.4 Å². The van der Waals surface area contributed by atoms with Gasteiger partial charge in [0.25, 0.3) is 15.9 Å². The number of anilines is 1. The third-order valence-corrected chi connectivity index (χ3v) is 12.7. The van der Waals surface area contributed by atoms with Crippen LogP contribution in [0.2, 0.25) is 0 Å². The lowest BCUT2D eigenvalue weighted by molar-refractivity contribution is -0.143. The molecule has 2 unspecified atom stereocenters. The highest BCUT2D eigenvalue weighted by Crippen LogP contribution is 2.64. The number of carbonyl (C=O) groups is 2. The number of aldehydes is 1. The number of benzene rings is 2. The number of carbonyl (C=O) groups excluding carboxylic acids is 2. The summed E-state index contributed by atoms with van der Waals surface area (Å²) in [5.41, 5.74) is 0.615. The van der Waals surface area contributed by atoms with Crippen LogP contribution in [0, 0.1) is 0 Å². The van der Waals surface area contributed by atoms with Crippen molar-refractivity contribution in [3.05, 3.63) is 60.2 Å². The molecule has 5 rings (SSSR count). The predicted octanol–water partition coefficient (Wildman–Crippen LogP) is 4.43. The van der Waals surface area contributed by atoms with Gasteiger partial charge in [-0.2, -0.15) is 0 Å². The van der Waals surface area contributed by atoms with Crippen molar-refractivity contribution in [2.24, 2.45) is 0 Å². The van der Waals surface area contributed by atoms with Crippen molar-refractivity contribution < 1.29 is 18.0 Å². The Kier molecular flexibility index (Phi) is 6.55. The number of sulfonamides is 1. The van der Waals surface area contributed by atoms with Gasteiger partial charge in [0.2, 0.25) is 0 Å². The number of fused-ring (bicyclic) bond motifs is 5. The zero-order chi connectivity index (χ0) is 26.8. The third kappa shape index (κ3) is 3.65. The molecule has 2 fully saturated rings. The van der Waals surface area contributed by atoms with E-state index in [1.807, 2.05) is 25.1 Å². The molecule has 3 aliphatic heterocycles. The lowest BCUT2D eigenvalue weighted by Gasteiger charge is -2.43. The number of para-hydroxylation sites is 1. The van der Waals surface area contributed by atoms with Crippen LogP contribution in [0.15, 0.2) is 59.5 Å². The van der Waals surface area contributed by atoms with Crippen molar-refractivity contribution >= 4 is 67.2 Å². The number of likely N-dealkylation sites (N-methyl/N-ethyl adjacent to an activating group) is 1. The first-order valence-corrected chi connectivity index (χ1v) is 15.6. The molecule has 3 heterocycles. The molecule has 37 heavy (non-hydrogen) atoms. The fourth-order valence-corrected chi connectivity index (χ4v) is 11.3. The summed E-state index contributed by atoms with van der Waals surface area (Å²) in [5.74, 6) is -0.328. The van der Waals surface area contributed by atoms with Crippen molar-refractivity contribution in [3.8, 4) is 0 Å². The molecular formula is C26H29N3O4S4. The van der Waals surface area contributed by atoms with Crippen molar-refractivity contribution in [3.63, 3.8) is 0 Å². The summed E-state index contributed by atoms with van der Waals surface area (Å²) in [4.78, 5) is 28.6. The highest BCUT2D eigenvalue weighted by atomic mass is 32.2. The number of amides is 1. The van der Waals surface area contributed by atoms with Crippen LogP contribution in [0.25, 0.3) is 0 Å². The van der Waals surface area contributed by atoms with Gasteiger partial charge in [-0.15, -0.1) is 0 Å². The fraction of sp³-hybridized carbons (Fsp3) is 0.423. The van der Waals surface area contributed by atoms with Gasteiger partial charge in [-0.3, -0.25) is 19.4 Å². The largest absolute Gasteiger partial charge is 0.300 e. The maximum absolute atomic E-state index is 14.6. The van der Waals surface area contributed by atoms with E-state index in [0.717, 1.165) is 18.3 Å². The lowest BCUT2D eigenvalue weighted by atomic mass is 9.74. The molecule has 0 saturated carbocycles. The fourth-order valence-electron chi connectivity index (χ4n) is 6.00. The minimum atomic E-state index is -4.09. The highest BCUT2D eigenvalue weighted by Gasteiger charge is 2.71. The molecule has 2 aromatic rings. The number of hydrogen-bond acceptors (Lipinski definition) is 8. The van der Waals surface area contributed by atoms with E-state index in [2.05, 4.69) is 0 Å². The van der Waals surface area contributed by atoms with E-state index < -0.39 is 31.3 Å². The Hall–Kier alpha value is -1.92. The van der Waals surface area contributed by atoms with Gasteiger partial charge in [0.15, 0.2) is 11.2 Å². The van der Waals surface area contributed by atoms with E-state index in [-0.39, 0.29) is 17.2 Å². The second-order valence-electron chi connectivity index (χ2n) is 10.1. The van der Waals surface area contributed by atoms with Gasteiger partial charge in [-0.05, 0) is 51.2 Å². The predicted molar refractivity (Wildman–Crippen MR) is 153 cm³/mol. The van der Waals surface area contributed by atoms with E-state index in [9.17, 15) is 18.0 Å². The molecule has 0 bridgehead atoms. The van der Waals surface area contributed by atoms with Crippen LogP contribution in [-0.4, -0.2) is 63.9 Å². The standard InChI is InChI=1S/C26H29N3O4S4/c1-5-15-25-16-26(17-30)28(22(31)24(2,27(3)4)35-23(34)36-26)21(25)29(20-14-10-9-13-19(20)25)37(32,33)18-11-7-6-8-12-18/h6-14,17,21H,5,15-16H2,1-4H3/t21-,24+,25?,26?/m0/s1. The van der Waals surface area contributed by atoms with E-state index in [1.54, 1.807) is 67.2 Å². The summed E-state index contributed by atoms with van der Waals surface area (Å²) in [6.45, 7) is 3.82. The Balaban J connectivity index is 1.84. The Labute approximate surface area is 232 Å². The smallest absolute Gasteiger partial charge is 0.266 e. The Morgan fingerprint density at radius 2 is 1.76 bits per heavy atom. The summed E-state index contributed by atoms with van der Waals surface area (Å²) in [7, 11) is -0.504. The average Bonchev–Trinajstić information content (AvgIpc) is 3.26. The van der Waals surface area contributed by atoms with Crippen LogP contribution in [0.1, 0.15) is 38.7 Å². The quantitative estimate of drug-likeness (QED) is 0.370. The highest BCUT2D eigenvalue weighted by molar-refractivity contribution is 8.48.